The Bertz CT molecular complexity index is 489. The van der Waals surface area contributed by atoms with Crippen LogP contribution in [0.1, 0.15) is 25.3 Å². The van der Waals surface area contributed by atoms with Crippen molar-refractivity contribution in [2.45, 2.75) is 26.4 Å². The molecule has 1 aromatic rings. The Balaban J connectivity index is 1.64. The van der Waals surface area contributed by atoms with Gasteiger partial charge in [-0.3, -0.25) is 0 Å². The molecule has 33 heavy (non-hydrogen) atoms. The summed E-state index contributed by atoms with van der Waals surface area (Å²) >= 11 is 0. The molecule has 0 saturated carbocycles. The Morgan fingerprint density at radius 3 is 1.12 bits per heavy atom. The minimum Gasteiger partial charge on any atom is -0.379 e. The lowest BCUT2D eigenvalue weighted by atomic mass is 10.2. The molecule has 0 amide bonds. The second-order valence-electron chi connectivity index (χ2n) is 7.18. The summed E-state index contributed by atoms with van der Waals surface area (Å²) in [6.07, 6.45) is 2.25. The van der Waals surface area contributed by atoms with Gasteiger partial charge in [0.05, 0.1) is 99.1 Å². The molecule has 8 nitrogen and oxygen atoms in total. The standard InChI is InChI=1S/C25H44O8/c1-2-3-9-26-10-11-27-12-13-28-14-15-29-16-17-30-18-19-31-20-21-32-22-23-33-24-25-7-5-4-6-8-25/h4-8H,2-3,9-24H2,1H3. The Labute approximate surface area is 199 Å². The third-order valence-corrected chi connectivity index (χ3v) is 4.36. The predicted molar refractivity (Wildman–Crippen MR) is 127 cm³/mol. The fraction of sp³-hybridized carbons (Fsp3) is 0.760. The number of hydrogen-bond donors (Lipinski definition) is 0. The average Bonchev–Trinajstić information content (AvgIpc) is 2.84. The lowest BCUT2D eigenvalue weighted by Gasteiger charge is -2.08. The molecule has 0 fully saturated rings. The van der Waals surface area contributed by atoms with E-state index in [0.29, 0.717) is 99.1 Å². The van der Waals surface area contributed by atoms with Crippen LogP contribution in [-0.4, -0.2) is 99.1 Å². The summed E-state index contributed by atoms with van der Waals surface area (Å²) in [6, 6.07) is 10.1. The van der Waals surface area contributed by atoms with Gasteiger partial charge in [-0.15, -0.1) is 0 Å². The van der Waals surface area contributed by atoms with E-state index < -0.39 is 0 Å². The van der Waals surface area contributed by atoms with Crippen molar-refractivity contribution >= 4 is 0 Å². The van der Waals surface area contributed by atoms with E-state index in [0.717, 1.165) is 19.4 Å². The number of ether oxygens (including phenoxy) is 8. The minimum absolute atomic E-state index is 0.541. The summed E-state index contributed by atoms with van der Waals surface area (Å²) in [5.41, 5.74) is 1.17. The van der Waals surface area contributed by atoms with Crippen molar-refractivity contribution < 1.29 is 37.9 Å². The molecule has 0 N–H and O–H groups in total. The first-order valence-electron chi connectivity index (χ1n) is 12.1. The fourth-order valence-corrected chi connectivity index (χ4v) is 2.55. The molecule has 0 atom stereocenters. The molecule has 0 aliphatic heterocycles. The zero-order chi connectivity index (χ0) is 23.5. The van der Waals surface area contributed by atoms with Crippen molar-refractivity contribution in [2.75, 3.05) is 99.1 Å². The summed E-state index contributed by atoms with van der Waals surface area (Å²) in [7, 11) is 0. The summed E-state index contributed by atoms with van der Waals surface area (Å²) in [5, 5.41) is 0. The largest absolute Gasteiger partial charge is 0.379 e. The number of unbranched alkanes of at least 4 members (excludes halogenated alkanes) is 1. The highest BCUT2D eigenvalue weighted by Crippen LogP contribution is 2.00. The molecule has 0 aliphatic carbocycles. The van der Waals surface area contributed by atoms with E-state index in [9.17, 15) is 0 Å². The molecule has 0 bridgehead atoms. The SMILES string of the molecule is CCCCOCCOCCOCCOCCOCCOCCOCCOCc1ccccc1. The van der Waals surface area contributed by atoms with Crippen molar-refractivity contribution in [1.82, 2.24) is 0 Å². The van der Waals surface area contributed by atoms with Gasteiger partial charge in [-0.1, -0.05) is 43.7 Å². The molecule has 0 aliphatic rings. The summed E-state index contributed by atoms with van der Waals surface area (Å²) in [6.45, 7) is 11.5. The fourth-order valence-electron chi connectivity index (χ4n) is 2.55. The van der Waals surface area contributed by atoms with Gasteiger partial charge in [-0.2, -0.15) is 0 Å². The lowest BCUT2D eigenvalue weighted by molar-refractivity contribution is -0.0236. The minimum atomic E-state index is 0.541. The maximum absolute atomic E-state index is 5.55. The molecule has 1 aromatic carbocycles. The molecule has 8 heteroatoms. The smallest absolute Gasteiger partial charge is 0.0718 e. The number of benzene rings is 1. The van der Waals surface area contributed by atoms with Gasteiger partial charge in [0, 0.05) is 6.61 Å². The topological polar surface area (TPSA) is 73.8 Å². The quantitative estimate of drug-likeness (QED) is 0.191. The van der Waals surface area contributed by atoms with Gasteiger partial charge in [0.15, 0.2) is 0 Å². The molecule has 0 aromatic heterocycles. The molecular formula is C25H44O8. The highest BCUT2D eigenvalue weighted by Gasteiger charge is 1.95. The zero-order valence-electron chi connectivity index (χ0n) is 20.4. The van der Waals surface area contributed by atoms with Crippen LogP contribution in [0.4, 0.5) is 0 Å². The molecule has 0 heterocycles. The van der Waals surface area contributed by atoms with Crippen molar-refractivity contribution in [1.29, 1.82) is 0 Å². The van der Waals surface area contributed by atoms with Crippen LogP contribution in [0.3, 0.4) is 0 Å². The molecule has 0 radical (unpaired) electrons. The van der Waals surface area contributed by atoms with Crippen LogP contribution in [0.15, 0.2) is 30.3 Å². The van der Waals surface area contributed by atoms with Crippen LogP contribution in [0.2, 0.25) is 0 Å². The Morgan fingerprint density at radius 1 is 0.424 bits per heavy atom. The van der Waals surface area contributed by atoms with Crippen LogP contribution in [0.5, 0.6) is 0 Å². The van der Waals surface area contributed by atoms with Gasteiger partial charge in [-0.05, 0) is 12.0 Å². The molecule has 192 valence electrons. The Hall–Kier alpha value is -1.10. The monoisotopic (exact) mass is 472 g/mol. The van der Waals surface area contributed by atoms with E-state index in [1.807, 2.05) is 30.3 Å². The number of hydrogen-bond acceptors (Lipinski definition) is 8. The third-order valence-electron chi connectivity index (χ3n) is 4.36. The van der Waals surface area contributed by atoms with Crippen molar-refractivity contribution in [3.63, 3.8) is 0 Å². The predicted octanol–water partition coefficient (Wildman–Crippen LogP) is 3.12. The van der Waals surface area contributed by atoms with Gasteiger partial charge in [0.25, 0.3) is 0 Å². The molecule has 0 unspecified atom stereocenters. The molecule has 1 rings (SSSR count). The highest BCUT2D eigenvalue weighted by atomic mass is 16.6. The third kappa shape index (κ3) is 22.5. The van der Waals surface area contributed by atoms with E-state index in [4.69, 9.17) is 37.9 Å². The molecular weight excluding hydrogens is 428 g/mol. The van der Waals surface area contributed by atoms with Gasteiger partial charge in [-0.25, -0.2) is 0 Å². The van der Waals surface area contributed by atoms with Crippen molar-refractivity contribution in [2.24, 2.45) is 0 Å². The highest BCUT2D eigenvalue weighted by molar-refractivity contribution is 5.13. The first-order chi connectivity index (χ1) is 16.4. The van der Waals surface area contributed by atoms with E-state index in [1.165, 1.54) is 5.56 Å². The van der Waals surface area contributed by atoms with Crippen molar-refractivity contribution in [3.8, 4) is 0 Å². The van der Waals surface area contributed by atoms with E-state index >= 15 is 0 Å². The van der Waals surface area contributed by atoms with Gasteiger partial charge < -0.3 is 37.9 Å². The molecule has 0 spiro atoms. The van der Waals surface area contributed by atoms with Crippen molar-refractivity contribution in [3.05, 3.63) is 35.9 Å². The van der Waals surface area contributed by atoms with Gasteiger partial charge in [0.1, 0.15) is 0 Å². The maximum Gasteiger partial charge on any atom is 0.0718 e. The Kier molecular flexibility index (Phi) is 23.1. The van der Waals surface area contributed by atoms with E-state index in [2.05, 4.69) is 6.92 Å². The van der Waals surface area contributed by atoms with Crippen LogP contribution < -0.4 is 0 Å². The summed E-state index contributed by atoms with van der Waals surface area (Å²) < 4.78 is 43.7. The van der Waals surface area contributed by atoms with E-state index in [1.54, 1.807) is 0 Å². The van der Waals surface area contributed by atoms with Crippen LogP contribution in [-0.2, 0) is 44.5 Å². The first-order valence-corrected chi connectivity index (χ1v) is 12.1. The van der Waals surface area contributed by atoms with Gasteiger partial charge in [0.2, 0.25) is 0 Å². The van der Waals surface area contributed by atoms with E-state index in [-0.39, 0.29) is 0 Å². The van der Waals surface area contributed by atoms with Crippen LogP contribution in [0.25, 0.3) is 0 Å². The second kappa shape index (κ2) is 25.5. The number of rotatable bonds is 26. The molecule has 0 saturated heterocycles. The lowest BCUT2D eigenvalue weighted by Crippen LogP contribution is -2.15. The second-order valence-corrected chi connectivity index (χ2v) is 7.18. The first kappa shape index (κ1) is 29.9. The Morgan fingerprint density at radius 2 is 0.758 bits per heavy atom. The normalized spacial score (nSPS) is 11.3. The maximum atomic E-state index is 5.55. The summed E-state index contributed by atoms with van der Waals surface area (Å²) in [5.74, 6) is 0. The average molecular weight is 473 g/mol. The van der Waals surface area contributed by atoms with Gasteiger partial charge >= 0.3 is 0 Å². The van der Waals surface area contributed by atoms with Crippen LogP contribution >= 0.6 is 0 Å². The van der Waals surface area contributed by atoms with Crippen LogP contribution in [0, 0.1) is 0 Å². The summed E-state index contributed by atoms with van der Waals surface area (Å²) in [4.78, 5) is 0. The zero-order valence-corrected chi connectivity index (χ0v) is 20.4.